The van der Waals surface area contributed by atoms with Crippen molar-refractivity contribution in [2.24, 2.45) is 0 Å². The molecular weight excluding hydrogens is 255 g/mol. The number of hydrogen-bond acceptors (Lipinski definition) is 1. The Morgan fingerprint density at radius 3 is 2.58 bits per heavy atom. The fraction of sp³-hybridized carbons (Fsp3) is 0.167. The molecule has 2 nitrogen and oxygen atoms in total. The standard InChI is InChI=1S/C6H3BrClF2NO/c7-2-1-3(5(9)10)11-6(12)4(2)8/h1,5H,(H,11,12). The highest BCUT2D eigenvalue weighted by molar-refractivity contribution is 9.10. The lowest BCUT2D eigenvalue weighted by atomic mass is 10.4. The normalized spacial score (nSPS) is 10.8. The van der Waals surface area contributed by atoms with Gasteiger partial charge in [0, 0.05) is 4.47 Å². The molecule has 0 amide bonds. The van der Waals surface area contributed by atoms with Gasteiger partial charge in [-0.25, -0.2) is 8.78 Å². The maximum atomic E-state index is 12.0. The highest BCUT2D eigenvalue weighted by Gasteiger charge is 2.11. The summed E-state index contributed by atoms with van der Waals surface area (Å²) in [4.78, 5) is 12.8. The van der Waals surface area contributed by atoms with E-state index < -0.39 is 17.7 Å². The average Bonchev–Trinajstić information content (AvgIpc) is 1.99. The molecule has 0 aromatic carbocycles. The quantitative estimate of drug-likeness (QED) is 0.825. The Bertz CT molecular complexity index is 352. The van der Waals surface area contributed by atoms with Crippen LogP contribution in [0, 0.1) is 0 Å². The van der Waals surface area contributed by atoms with Gasteiger partial charge in [-0.3, -0.25) is 4.79 Å². The zero-order valence-corrected chi connectivity index (χ0v) is 7.92. The molecule has 1 aromatic heterocycles. The largest absolute Gasteiger partial charge is 0.320 e. The van der Waals surface area contributed by atoms with Crippen LogP contribution in [0.4, 0.5) is 8.78 Å². The Morgan fingerprint density at radius 2 is 2.17 bits per heavy atom. The van der Waals surface area contributed by atoms with Crippen molar-refractivity contribution < 1.29 is 8.78 Å². The number of nitrogens with one attached hydrogen (secondary N) is 1. The maximum Gasteiger partial charge on any atom is 0.278 e. The third-order valence-corrected chi connectivity index (χ3v) is 2.41. The van der Waals surface area contributed by atoms with Gasteiger partial charge in [-0.15, -0.1) is 0 Å². The number of hydrogen-bond donors (Lipinski definition) is 1. The van der Waals surface area contributed by atoms with Crippen molar-refractivity contribution in [1.29, 1.82) is 0 Å². The van der Waals surface area contributed by atoms with Gasteiger partial charge in [-0.05, 0) is 22.0 Å². The van der Waals surface area contributed by atoms with E-state index in [4.69, 9.17) is 11.6 Å². The van der Waals surface area contributed by atoms with E-state index in [1.54, 1.807) is 0 Å². The van der Waals surface area contributed by atoms with E-state index in [9.17, 15) is 13.6 Å². The average molecular weight is 258 g/mol. The van der Waals surface area contributed by atoms with Crippen molar-refractivity contribution in [3.05, 3.63) is 31.6 Å². The molecular formula is C6H3BrClF2NO. The van der Waals surface area contributed by atoms with Crippen LogP contribution in [0.5, 0.6) is 0 Å². The van der Waals surface area contributed by atoms with Gasteiger partial charge in [0.05, 0.1) is 5.69 Å². The van der Waals surface area contributed by atoms with Gasteiger partial charge < -0.3 is 4.98 Å². The third-order valence-electron chi connectivity index (χ3n) is 1.18. The van der Waals surface area contributed by atoms with Gasteiger partial charge in [0.25, 0.3) is 12.0 Å². The lowest BCUT2D eigenvalue weighted by molar-refractivity contribution is 0.145. The minimum Gasteiger partial charge on any atom is -0.320 e. The van der Waals surface area contributed by atoms with Gasteiger partial charge in [0.15, 0.2) is 0 Å². The fourth-order valence-corrected chi connectivity index (χ4v) is 1.18. The fourth-order valence-electron chi connectivity index (χ4n) is 0.648. The van der Waals surface area contributed by atoms with Crippen molar-refractivity contribution in [3.63, 3.8) is 0 Å². The zero-order chi connectivity index (χ0) is 9.30. The van der Waals surface area contributed by atoms with Crippen LogP contribution in [0.25, 0.3) is 0 Å². The van der Waals surface area contributed by atoms with Crippen LogP contribution >= 0.6 is 27.5 Å². The Kier molecular flexibility index (Phi) is 2.85. The number of halogens is 4. The summed E-state index contributed by atoms with van der Waals surface area (Å²) in [5, 5.41) is -0.126. The minimum absolute atomic E-state index is 0.126. The highest BCUT2D eigenvalue weighted by atomic mass is 79.9. The van der Waals surface area contributed by atoms with E-state index in [2.05, 4.69) is 15.9 Å². The number of aromatic amines is 1. The Balaban J connectivity index is 3.31. The van der Waals surface area contributed by atoms with Gasteiger partial charge in [-0.1, -0.05) is 11.6 Å². The van der Waals surface area contributed by atoms with E-state index in [1.165, 1.54) is 0 Å². The number of alkyl halides is 2. The summed E-state index contributed by atoms with van der Waals surface area (Å²) in [5.74, 6) is 0. The molecule has 0 unspecified atom stereocenters. The molecule has 0 radical (unpaired) electrons. The monoisotopic (exact) mass is 257 g/mol. The zero-order valence-electron chi connectivity index (χ0n) is 5.57. The van der Waals surface area contributed by atoms with Crippen molar-refractivity contribution in [2.75, 3.05) is 0 Å². The summed E-state index contributed by atoms with van der Waals surface area (Å²) in [5.41, 5.74) is -1.17. The summed E-state index contributed by atoms with van der Waals surface area (Å²) in [6.07, 6.45) is -2.70. The summed E-state index contributed by atoms with van der Waals surface area (Å²) in [7, 11) is 0. The molecule has 0 fully saturated rings. The van der Waals surface area contributed by atoms with Crippen molar-refractivity contribution in [3.8, 4) is 0 Å². The Morgan fingerprint density at radius 1 is 1.58 bits per heavy atom. The van der Waals surface area contributed by atoms with E-state index in [0.29, 0.717) is 0 Å². The first-order valence-corrected chi connectivity index (χ1v) is 4.06. The van der Waals surface area contributed by atoms with Crippen LogP contribution < -0.4 is 5.56 Å². The summed E-state index contributed by atoms with van der Waals surface area (Å²) in [6, 6.07) is 1.08. The molecule has 0 bridgehead atoms. The maximum absolute atomic E-state index is 12.0. The molecule has 6 heteroatoms. The first kappa shape index (κ1) is 9.67. The Hall–Kier alpha value is -0.420. The number of aromatic nitrogens is 1. The lowest BCUT2D eigenvalue weighted by Crippen LogP contribution is -2.09. The van der Waals surface area contributed by atoms with Gasteiger partial charge >= 0.3 is 0 Å². The van der Waals surface area contributed by atoms with Gasteiger partial charge in [-0.2, -0.15) is 0 Å². The van der Waals surface area contributed by atoms with Gasteiger partial charge in [0.1, 0.15) is 5.02 Å². The van der Waals surface area contributed by atoms with Crippen LogP contribution in [-0.4, -0.2) is 4.98 Å². The summed E-state index contributed by atoms with van der Waals surface area (Å²) >= 11 is 8.30. The molecule has 0 aliphatic rings. The summed E-state index contributed by atoms with van der Waals surface area (Å²) < 4.78 is 24.2. The lowest BCUT2D eigenvalue weighted by Gasteiger charge is -2.00. The first-order valence-electron chi connectivity index (χ1n) is 2.88. The second-order valence-electron chi connectivity index (χ2n) is 2.02. The van der Waals surface area contributed by atoms with Gasteiger partial charge in [0.2, 0.25) is 0 Å². The van der Waals surface area contributed by atoms with E-state index in [1.807, 2.05) is 4.98 Å². The predicted octanol–water partition coefficient (Wildman–Crippen LogP) is 2.73. The highest BCUT2D eigenvalue weighted by Crippen LogP contribution is 2.23. The predicted molar refractivity (Wildman–Crippen MR) is 44.7 cm³/mol. The van der Waals surface area contributed by atoms with E-state index >= 15 is 0 Å². The van der Waals surface area contributed by atoms with Crippen LogP contribution in [0.15, 0.2) is 15.3 Å². The molecule has 1 heterocycles. The smallest absolute Gasteiger partial charge is 0.278 e. The molecule has 0 saturated heterocycles. The third kappa shape index (κ3) is 1.84. The second kappa shape index (κ2) is 3.53. The van der Waals surface area contributed by atoms with E-state index in [-0.39, 0.29) is 9.50 Å². The van der Waals surface area contributed by atoms with Crippen molar-refractivity contribution in [1.82, 2.24) is 4.98 Å². The van der Waals surface area contributed by atoms with Crippen molar-refractivity contribution in [2.45, 2.75) is 6.43 Å². The molecule has 12 heavy (non-hydrogen) atoms. The van der Waals surface area contributed by atoms with E-state index in [0.717, 1.165) is 6.07 Å². The van der Waals surface area contributed by atoms with Crippen LogP contribution in [0.1, 0.15) is 12.1 Å². The summed E-state index contributed by atoms with van der Waals surface area (Å²) in [6.45, 7) is 0. The SMILES string of the molecule is O=c1[nH]c(C(F)F)cc(Br)c1Cl. The minimum atomic E-state index is -2.70. The Labute approximate surface area is 79.7 Å². The number of pyridine rings is 1. The molecule has 0 aliphatic heterocycles. The van der Waals surface area contributed by atoms with Crippen LogP contribution in [0.3, 0.4) is 0 Å². The molecule has 1 N–H and O–H groups in total. The topological polar surface area (TPSA) is 32.9 Å². The molecule has 1 aromatic rings. The number of rotatable bonds is 1. The van der Waals surface area contributed by atoms with Crippen LogP contribution in [-0.2, 0) is 0 Å². The van der Waals surface area contributed by atoms with Crippen LogP contribution in [0.2, 0.25) is 5.02 Å². The molecule has 66 valence electrons. The first-order chi connectivity index (χ1) is 5.52. The second-order valence-corrected chi connectivity index (χ2v) is 3.25. The van der Waals surface area contributed by atoms with Crippen molar-refractivity contribution >= 4 is 27.5 Å². The molecule has 0 aliphatic carbocycles. The number of H-pyrrole nitrogens is 1. The molecule has 0 spiro atoms. The molecule has 0 atom stereocenters. The molecule has 0 saturated carbocycles. The molecule has 1 rings (SSSR count).